The number of aliphatic hydroxyl groups is 1. The summed E-state index contributed by atoms with van der Waals surface area (Å²) in [6, 6.07) is 9.41. The van der Waals surface area contributed by atoms with Gasteiger partial charge in [-0.2, -0.15) is 0 Å². The number of thioether (sulfide) groups is 1. The van der Waals surface area contributed by atoms with Crippen LogP contribution in [-0.4, -0.2) is 47.1 Å². The minimum atomic E-state index is -1.25. The molecule has 5 nitrogen and oxygen atoms in total. The summed E-state index contributed by atoms with van der Waals surface area (Å²) in [5.74, 6) is 1.56. The molecule has 2 atom stereocenters. The van der Waals surface area contributed by atoms with Crippen molar-refractivity contribution in [2.24, 2.45) is 5.41 Å². The maximum Gasteiger partial charge on any atom is 0.127 e. The molecule has 0 aliphatic carbocycles. The van der Waals surface area contributed by atoms with Crippen molar-refractivity contribution in [1.82, 2.24) is 15.3 Å². The lowest BCUT2D eigenvalue weighted by Gasteiger charge is -2.42. The van der Waals surface area contributed by atoms with Crippen LogP contribution in [0.1, 0.15) is 50.3 Å². The monoisotopic (exact) mass is 517 g/mol. The summed E-state index contributed by atoms with van der Waals surface area (Å²) in [6.45, 7) is 1.68. The summed E-state index contributed by atoms with van der Waals surface area (Å²) in [4.78, 5) is 9.63. The molecule has 4 rings (SSSR count). The molecule has 0 saturated carbocycles. The third kappa shape index (κ3) is 6.45. The Hall–Kier alpha value is -1.93. The highest BCUT2D eigenvalue weighted by Gasteiger charge is 2.39. The summed E-state index contributed by atoms with van der Waals surface area (Å²) in [5, 5.41) is 15.7. The number of halogens is 2. The van der Waals surface area contributed by atoms with Crippen LogP contribution in [0.5, 0.6) is 5.75 Å². The van der Waals surface area contributed by atoms with Gasteiger partial charge in [0.05, 0.1) is 23.8 Å². The van der Waals surface area contributed by atoms with Crippen LogP contribution in [0.3, 0.4) is 0 Å². The van der Waals surface area contributed by atoms with Crippen LogP contribution >= 0.6 is 23.4 Å². The van der Waals surface area contributed by atoms with Crippen LogP contribution in [0.2, 0.25) is 5.02 Å². The number of hydrogen-bond donors (Lipinski definition) is 2. The van der Waals surface area contributed by atoms with E-state index in [0.717, 1.165) is 43.0 Å². The topological polar surface area (TPSA) is 67.3 Å². The fourth-order valence-electron chi connectivity index (χ4n) is 5.05. The number of benzene rings is 1. The van der Waals surface area contributed by atoms with E-state index in [4.69, 9.17) is 16.3 Å². The van der Waals surface area contributed by atoms with E-state index in [0.29, 0.717) is 46.5 Å². The Morgan fingerprint density at radius 3 is 2.80 bits per heavy atom. The first-order valence-electron chi connectivity index (χ1n) is 12.2. The molecule has 0 unspecified atom stereocenters. The zero-order valence-corrected chi connectivity index (χ0v) is 21.6. The standard InChI is InChI=1S/C27H33ClFN3O2S/c1-34-19-6-7-24-21(16-19)26(22(28)18-32-24)23(29)8-9-27(10-13-30-14-11-27)25(33)5-3-15-35-20-4-2-12-31-17-20/h2,4,6-7,12,16-18,23,25,30,33H,3,5,8-11,13-15H2,1H3/t23-,25+/m1/s1. The lowest BCUT2D eigenvalue weighted by molar-refractivity contribution is -0.0162. The molecule has 1 aromatic carbocycles. The van der Waals surface area contributed by atoms with Gasteiger partial charge >= 0.3 is 0 Å². The van der Waals surface area contributed by atoms with E-state index in [1.54, 1.807) is 31.1 Å². The molecule has 0 amide bonds. The number of aliphatic hydroxyl groups excluding tert-OH is 1. The molecule has 8 heteroatoms. The van der Waals surface area contributed by atoms with Crippen LogP contribution in [0.15, 0.2) is 53.8 Å². The molecule has 2 N–H and O–H groups in total. The van der Waals surface area contributed by atoms with Gasteiger partial charge in [-0.1, -0.05) is 11.6 Å². The van der Waals surface area contributed by atoms with Gasteiger partial charge in [0.2, 0.25) is 0 Å². The van der Waals surface area contributed by atoms with Crippen molar-refractivity contribution in [2.45, 2.75) is 55.7 Å². The number of rotatable bonds is 11. The molecule has 1 aliphatic heterocycles. The third-order valence-electron chi connectivity index (χ3n) is 7.11. The largest absolute Gasteiger partial charge is 0.497 e. The quantitative estimate of drug-likeness (QED) is 0.227. The molecule has 1 fully saturated rings. The fourth-order valence-corrected chi connectivity index (χ4v) is 6.18. The van der Waals surface area contributed by atoms with Gasteiger partial charge in [-0.3, -0.25) is 9.97 Å². The Bertz CT molecular complexity index is 1100. The first kappa shape index (κ1) is 26.1. The minimum Gasteiger partial charge on any atom is -0.497 e. The van der Waals surface area contributed by atoms with E-state index in [1.165, 1.54) is 6.20 Å². The molecular formula is C27H33ClFN3O2S. The number of nitrogens with zero attached hydrogens (tertiary/aromatic N) is 2. The molecule has 1 aliphatic rings. The SMILES string of the molecule is COc1ccc2ncc(Cl)c([C@H](F)CCC3([C@@H](O)CCCSc4cccnc4)CCNCC3)c2c1. The van der Waals surface area contributed by atoms with E-state index < -0.39 is 12.3 Å². The number of nitrogens with one attached hydrogen (secondary N) is 1. The molecule has 3 aromatic rings. The Kier molecular flexibility index (Phi) is 9.22. The van der Waals surface area contributed by atoms with Crippen LogP contribution in [-0.2, 0) is 0 Å². The van der Waals surface area contributed by atoms with Crippen molar-refractivity contribution in [3.8, 4) is 5.75 Å². The molecular weight excluding hydrogens is 485 g/mol. The average molecular weight is 518 g/mol. The molecule has 35 heavy (non-hydrogen) atoms. The molecule has 0 spiro atoms. The summed E-state index contributed by atoms with van der Waals surface area (Å²) < 4.78 is 21.1. The zero-order chi connectivity index (χ0) is 24.7. The summed E-state index contributed by atoms with van der Waals surface area (Å²) >= 11 is 8.19. The van der Waals surface area contributed by atoms with Crippen LogP contribution in [0.25, 0.3) is 10.9 Å². The van der Waals surface area contributed by atoms with Crippen molar-refractivity contribution >= 4 is 34.3 Å². The van der Waals surface area contributed by atoms with Crippen molar-refractivity contribution in [2.75, 3.05) is 26.0 Å². The van der Waals surface area contributed by atoms with Gasteiger partial charge in [0.25, 0.3) is 0 Å². The van der Waals surface area contributed by atoms with Gasteiger partial charge in [-0.15, -0.1) is 11.8 Å². The van der Waals surface area contributed by atoms with Crippen LogP contribution < -0.4 is 10.1 Å². The van der Waals surface area contributed by atoms with E-state index in [1.807, 2.05) is 30.5 Å². The number of ether oxygens (including phenoxy) is 1. The molecule has 1 saturated heterocycles. The Morgan fingerprint density at radius 2 is 2.06 bits per heavy atom. The lowest BCUT2D eigenvalue weighted by Crippen LogP contribution is -2.44. The predicted octanol–water partition coefficient (Wildman–Crippen LogP) is 6.39. The number of hydrogen-bond acceptors (Lipinski definition) is 6. The average Bonchev–Trinajstić information content (AvgIpc) is 2.90. The van der Waals surface area contributed by atoms with Crippen molar-refractivity contribution in [1.29, 1.82) is 0 Å². The van der Waals surface area contributed by atoms with E-state index >= 15 is 4.39 Å². The Labute approximate surface area is 215 Å². The first-order chi connectivity index (χ1) is 17.0. The Morgan fingerprint density at radius 1 is 1.23 bits per heavy atom. The maximum absolute atomic E-state index is 15.8. The lowest BCUT2D eigenvalue weighted by atomic mass is 9.69. The van der Waals surface area contributed by atoms with Crippen LogP contribution in [0.4, 0.5) is 4.39 Å². The van der Waals surface area contributed by atoms with Crippen molar-refractivity contribution < 1.29 is 14.2 Å². The van der Waals surface area contributed by atoms with Crippen molar-refractivity contribution in [3.63, 3.8) is 0 Å². The second-order valence-electron chi connectivity index (χ2n) is 9.22. The van der Waals surface area contributed by atoms with Crippen LogP contribution in [0, 0.1) is 5.41 Å². The second-order valence-corrected chi connectivity index (χ2v) is 10.8. The Balaban J connectivity index is 1.43. The summed E-state index contributed by atoms with van der Waals surface area (Å²) in [6.07, 6.45) is 7.64. The van der Waals surface area contributed by atoms with Gasteiger partial charge < -0.3 is 15.2 Å². The number of fused-ring (bicyclic) bond motifs is 1. The van der Waals surface area contributed by atoms with Crippen molar-refractivity contribution in [3.05, 3.63) is 59.5 Å². The fraction of sp³-hybridized carbons (Fsp3) is 0.481. The third-order valence-corrected chi connectivity index (χ3v) is 8.48. The highest BCUT2D eigenvalue weighted by atomic mass is 35.5. The summed E-state index contributed by atoms with van der Waals surface area (Å²) in [5.41, 5.74) is 0.860. The smallest absolute Gasteiger partial charge is 0.127 e. The van der Waals surface area contributed by atoms with Gasteiger partial charge in [0.1, 0.15) is 11.9 Å². The highest BCUT2D eigenvalue weighted by Crippen LogP contribution is 2.44. The molecule has 2 aromatic heterocycles. The molecule has 0 radical (unpaired) electrons. The van der Waals surface area contributed by atoms with Gasteiger partial charge in [0.15, 0.2) is 0 Å². The van der Waals surface area contributed by atoms with E-state index in [-0.39, 0.29) is 5.41 Å². The number of methoxy groups -OCH3 is 1. The maximum atomic E-state index is 15.8. The number of piperidine rings is 1. The summed E-state index contributed by atoms with van der Waals surface area (Å²) in [7, 11) is 1.59. The molecule has 0 bridgehead atoms. The van der Waals surface area contributed by atoms with Gasteiger partial charge in [0, 0.05) is 34.4 Å². The molecule has 188 valence electrons. The number of alkyl halides is 1. The second kappa shape index (κ2) is 12.3. The van der Waals surface area contributed by atoms with Gasteiger partial charge in [-0.05, 0) is 93.1 Å². The van der Waals surface area contributed by atoms with E-state index in [9.17, 15) is 5.11 Å². The normalized spacial score (nSPS) is 17.3. The highest BCUT2D eigenvalue weighted by molar-refractivity contribution is 7.99. The van der Waals surface area contributed by atoms with E-state index in [2.05, 4.69) is 15.3 Å². The number of aromatic nitrogens is 2. The minimum absolute atomic E-state index is 0.290. The first-order valence-corrected chi connectivity index (χ1v) is 13.6. The molecule has 3 heterocycles. The predicted molar refractivity (Wildman–Crippen MR) is 141 cm³/mol. The zero-order valence-electron chi connectivity index (χ0n) is 20.1. The number of pyridine rings is 2. The van der Waals surface area contributed by atoms with Gasteiger partial charge in [-0.25, -0.2) is 4.39 Å².